The van der Waals surface area contributed by atoms with Crippen LogP contribution in [0, 0.1) is 0 Å². The van der Waals surface area contributed by atoms with Crippen molar-refractivity contribution >= 4 is 5.78 Å². The van der Waals surface area contributed by atoms with Crippen molar-refractivity contribution < 1.29 is 9.53 Å². The first-order chi connectivity index (χ1) is 12.3. The number of ketones is 1. The summed E-state index contributed by atoms with van der Waals surface area (Å²) in [6, 6.07) is 18.8. The summed E-state index contributed by atoms with van der Waals surface area (Å²) in [5.74, 6) is 0.936. The fourth-order valence-corrected chi connectivity index (χ4v) is 2.70. The van der Waals surface area contributed by atoms with Gasteiger partial charge in [-0.25, -0.2) is 9.67 Å². The number of carbonyl (C=O) groups excluding carboxylic acids is 1. The Morgan fingerprint density at radius 3 is 2.40 bits per heavy atom. The summed E-state index contributed by atoms with van der Waals surface area (Å²) in [6.45, 7) is 0.633. The topological polar surface area (TPSA) is 57.0 Å². The highest BCUT2D eigenvalue weighted by molar-refractivity contribution is 5.98. The molecule has 25 heavy (non-hydrogen) atoms. The molecule has 0 fully saturated rings. The SMILES string of the molecule is O=C(c1ccccc1)C(CCCCOc1ccccc1)n1cncn1. The van der Waals surface area contributed by atoms with Crippen molar-refractivity contribution in [3.05, 3.63) is 78.9 Å². The normalized spacial score (nSPS) is 11.8. The van der Waals surface area contributed by atoms with Crippen LogP contribution < -0.4 is 4.74 Å². The number of aromatic nitrogens is 3. The van der Waals surface area contributed by atoms with Crippen LogP contribution >= 0.6 is 0 Å². The predicted octanol–water partition coefficient (Wildman–Crippen LogP) is 3.95. The molecule has 0 bridgehead atoms. The Morgan fingerprint density at radius 2 is 1.72 bits per heavy atom. The molecule has 2 aromatic carbocycles. The molecule has 0 aliphatic rings. The van der Waals surface area contributed by atoms with Crippen molar-refractivity contribution in [3.8, 4) is 5.75 Å². The van der Waals surface area contributed by atoms with Gasteiger partial charge in [0.05, 0.1) is 6.61 Å². The lowest BCUT2D eigenvalue weighted by atomic mass is 9.99. The van der Waals surface area contributed by atoms with Crippen LogP contribution in [0.25, 0.3) is 0 Å². The van der Waals surface area contributed by atoms with Crippen LogP contribution in [-0.2, 0) is 0 Å². The van der Waals surface area contributed by atoms with Crippen molar-refractivity contribution in [2.75, 3.05) is 6.61 Å². The highest BCUT2D eigenvalue weighted by Crippen LogP contribution is 2.20. The molecule has 0 aliphatic heterocycles. The lowest BCUT2D eigenvalue weighted by molar-refractivity contribution is 0.0907. The van der Waals surface area contributed by atoms with E-state index in [1.807, 2.05) is 60.7 Å². The molecule has 3 aromatic rings. The van der Waals surface area contributed by atoms with Crippen molar-refractivity contribution in [3.63, 3.8) is 0 Å². The van der Waals surface area contributed by atoms with E-state index in [9.17, 15) is 4.79 Å². The second-order valence-electron chi connectivity index (χ2n) is 5.78. The molecule has 0 amide bonds. The molecular formula is C20H21N3O2. The summed E-state index contributed by atoms with van der Waals surface area (Å²) in [6.07, 6.45) is 5.52. The molecule has 0 spiro atoms. The van der Waals surface area contributed by atoms with E-state index in [-0.39, 0.29) is 11.8 Å². The van der Waals surface area contributed by atoms with Gasteiger partial charge in [-0.1, -0.05) is 48.5 Å². The minimum Gasteiger partial charge on any atom is -0.494 e. The van der Waals surface area contributed by atoms with E-state index in [0.717, 1.165) is 18.6 Å². The summed E-state index contributed by atoms with van der Waals surface area (Å²) in [4.78, 5) is 16.8. The molecule has 1 aromatic heterocycles. The zero-order valence-electron chi connectivity index (χ0n) is 14.0. The van der Waals surface area contributed by atoms with Crippen molar-refractivity contribution in [2.45, 2.75) is 25.3 Å². The highest BCUT2D eigenvalue weighted by Gasteiger charge is 2.22. The minimum atomic E-state index is -0.332. The van der Waals surface area contributed by atoms with Gasteiger partial charge in [0.2, 0.25) is 0 Å². The summed E-state index contributed by atoms with van der Waals surface area (Å²) in [5, 5.41) is 4.16. The van der Waals surface area contributed by atoms with Crippen LogP contribution in [0.15, 0.2) is 73.3 Å². The maximum atomic E-state index is 12.8. The van der Waals surface area contributed by atoms with Crippen molar-refractivity contribution in [2.24, 2.45) is 0 Å². The van der Waals surface area contributed by atoms with Gasteiger partial charge < -0.3 is 4.74 Å². The third-order valence-electron chi connectivity index (χ3n) is 4.00. The van der Waals surface area contributed by atoms with Crippen LogP contribution in [0.5, 0.6) is 5.75 Å². The van der Waals surface area contributed by atoms with E-state index in [4.69, 9.17) is 4.74 Å². The largest absolute Gasteiger partial charge is 0.494 e. The first-order valence-electron chi connectivity index (χ1n) is 8.46. The van der Waals surface area contributed by atoms with Crippen molar-refractivity contribution in [1.82, 2.24) is 14.8 Å². The van der Waals surface area contributed by atoms with E-state index in [2.05, 4.69) is 10.1 Å². The molecule has 1 unspecified atom stereocenters. The van der Waals surface area contributed by atoms with E-state index in [1.165, 1.54) is 6.33 Å². The maximum Gasteiger partial charge on any atom is 0.187 e. The van der Waals surface area contributed by atoms with Gasteiger partial charge in [-0.3, -0.25) is 4.79 Å². The number of rotatable bonds is 9. The first-order valence-corrected chi connectivity index (χ1v) is 8.46. The second-order valence-corrected chi connectivity index (χ2v) is 5.78. The number of ether oxygens (including phenoxy) is 1. The molecule has 3 rings (SSSR count). The smallest absolute Gasteiger partial charge is 0.187 e. The molecule has 0 aliphatic carbocycles. The number of carbonyl (C=O) groups is 1. The van der Waals surface area contributed by atoms with Gasteiger partial charge in [0.15, 0.2) is 5.78 Å². The first kappa shape index (κ1) is 16.9. The Hall–Kier alpha value is -2.95. The second kappa shape index (κ2) is 8.78. The van der Waals surface area contributed by atoms with Crippen LogP contribution in [0.1, 0.15) is 35.7 Å². The van der Waals surface area contributed by atoms with Crippen LogP contribution in [0.4, 0.5) is 0 Å². The molecule has 0 radical (unpaired) electrons. The molecule has 1 heterocycles. The fourth-order valence-electron chi connectivity index (χ4n) is 2.70. The average Bonchev–Trinajstić information content (AvgIpc) is 3.20. The van der Waals surface area contributed by atoms with E-state index in [0.29, 0.717) is 18.6 Å². The fraction of sp³-hybridized carbons (Fsp3) is 0.250. The minimum absolute atomic E-state index is 0.0649. The van der Waals surface area contributed by atoms with Crippen molar-refractivity contribution in [1.29, 1.82) is 0 Å². The number of Topliss-reactive ketones (excluding diaryl/α,β-unsaturated/α-hetero) is 1. The van der Waals surface area contributed by atoms with Crippen LogP contribution in [0.2, 0.25) is 0 Å². The van der Waals surface area contributed by atoms with E-state index in [1.54, 1.807) is 11.0 Å². The lowest BCUT2D eigenvalue weighted by Gasteiger charge is -2.16. The zero-order valence-corrected chi connectivity index (χ0v) is 14.0. The molecule has 0 saturated heterocycles. The summed E-state index contributed by atoms with van der Waals surface area (Å²) in [7, 11) is 0. The lowest BCUT2D eigenvalue weighted by Crippen LogP contribution is -2.20. The monoisotopic (exact) mass is 335 g/mol. The van der Waals surface area contributed by atoms with Gasteiger partial charge in [-0.05, 0) is 31.4 Å². The number of benzene rings is 2. The maximum absolute atomic E-state index is 12.8. The Balaban J connectivity index is 1.55. The van der Waals surface area contributed by atoms with E-state index < -0.39 is 0 Å². The number of nitrogens with zero attached hydrogens (tertiary/aromatic N) is 3. The van der Waals surface area contributed by atoms with Gasteiger partial charge in [0.1, 0.15) is 24.4 Å². The quantitative estimate of drug-likeness (QED) is 0.439. The van der Waals surface area contributed by atoms with Gasteiger partial charge in [0.25, 0.3) is 0 Å². The third kappa shape index (κ3) is 4.76. The molecule has 1 atom stereocenters. The molecular weight excluding hydrogens is 314 g/mol. The zero-order chi connectivity index (χ0) is 17.3. The predicted molar refractivity (Wildman–Crippen MR) is 95.6 cm³/mol. The molecule has 5 nitrogen and oxygen atoms in total. The number of hydrogen-bond donors (Lipinski definition) is 0. The Labute approximate surface area is 147 Å². The Kier molecular flexibility index (Phi) is 5.93. The van der Waals surface area contributed by atoms with Gasteiger partial charge in [0, 0.05) is 5.56 Å². The average molecular weight is 335 g/mol. The Bertz CT molecular complexity index is 758. The van der Waals surface area contributed by atoms with E-state index >= 15 is 0 Å². The summed E-state index contributed by atoms with van der Waals surface area (Å²) < 4.78 is 7.35. The Morgan fingerprint density at radius 1 is 1.00 bits per heavy atom. The number of para-hydroxylation sites is 1. The van der Waals surface area contributed by atoms with Gasteiger partial charge in [-0.15, -0.1) is 0 Å². The molecule has 5 heteroatoms. The number of hydrogen-bond acceptors (Lipinski definition) is 4. The number of unbranched alkanes of at least 4 members (excludes halogenated alkanes) is 1. The molecule has 0 saturated carbocycles. The third-order valence-corrected chi connectivity index (χ3v) is 4.00. The standard InChI is InChI=1S/C20H21N3O2/c24-20(17-9-3-1-4-10-17)19(23-16-21-15-22-23)13-7-8-14-25-18-11-5-2-6-12-18/h1-6,9-12,15-16,19H,7-8,13-14H2. The summed E-state index contributed by atoms with van der Waals surface area (Å²) >= 11 is 0. The van der Waals surface area contributed by atoms with Crippen LogP contribution in [0.3, 0.4) is 0 Å². The van der Waals surface area contributed by atoms with Gasteiger partial charge >= 0.3 is 0 Å². The molecule has 0 N–H and O–H groups in total. The summed E-state index contributed by atoms with van der Waals surface area (Å²) in [5.41, 5.74) is 0.698. The highest BCUT2D eigenvalue weighted by atomic mass is 16.5. The van der Waals surface area contributed by atoms with Gasteiger partial charge in [-0.2, -0.15) is 5.10 Å². The van der Waals surface area contributed by atoms with Crippen LogP contribution in [-0.4, -0.2) is 27.2 Å². The molecule has 128 valence electrons.